The van der Waals surface area contributed by atoms with E-state index < -0.39 is 37.3 Å². The summed E-state index contributed by atoms with van der Waals surface area (Å²) in [6, 6.07) is 14.6. The Hall–Kier alpha value is -3.64. The van der Waals surface area contributed by atoms with Gasteiger partial charge in [-0.25, -0.2) is 13.1 Å². The smallest absolute Gasteiger partial charge is 0.345 e. The fraction of sp³-hybridized carbons (Fsp3) is 0.217. The number of sulfone groups is 1. The first kappa shape index (κ1) is 24.5. The monoisotopic (exact) mass is 516 g/mol. The van der Waals surface area contributed by atoms with Gasteiger partial charge >= 0.3 is 10.2 Å². The van der Waals surface area contributed by atoms with E-state index in [0.717, 1.165) is 0 Å². The van der Waals surface area contributed by atoms with Crippen molar-refractivity contribution in [2.45, 2.75) is 36.6 Å². The fourth-order valence-corrected chi connectivity index (χ4v) is 5.68. The SMILES string of the molecule is CC(C)(C)[C@@H](N=C1NS(=O)(=O)N=C1Nc1cccc(S(=O)(=O)c2ccccc2)c1O)c1ccco1. The number of nitrogens with one attached hydrogen (secondary N) is 2. The standard InChI is InChI=1S/C23H24N4O6S2/c1-23(2,3)20(17-12-8-14-33-17)25-22-21(26-35(31,32)27-22)24-16-11-7-13-18(19(16)28)34(29,30)15-9-5-4-6-10-15/h4-14,20,28H,1-3H3,(H,24,26)(H,25,27)/t20-/m0/s1. The first-order chi connectivity index (χ1) is 16.4. The van der Waals surface area contributed by atoms with Crippen molar-refractivity contribution in [3.8, 4) is 5.75 Å². The second kappa shape index (κ2) is 8.86. The van der Waals surface area contributed by atoms with Gasteiger partial charge in [0.25, 0.3) is 0 Å². The first-order valence-corrected chi connectivity index (χ1v) is 13.4. The quantitative estimate of drug-likeness (QED) is 0.438. The van der Waals surface area contributed by atoms with Gasteiger partial charge in [-0.15, -0.1) is 4.40 Å². The topological polar surface area (TPSA) is 150 Å². The van der Waals surface area contributed by atoms with Crippen LogP contribution in [0, 0.1) is 5.41 Å². The Morgan fingerprint density at radius 3 is 2.40 bits per heavy atom. The summed E-state index contributed by atoms with van der Waals surface area (Å²) in [6.07, 6.45) is 1.50. The third kappa shape index (κ3) is 5.08. The van der Waals surface area contributed by atoms with Gasteiger partial charge < -0.3 is 14.8 Å². The summed E-state index contributed by atoms with van der Waals surface area (Å²) < 4.78 is 62.0. The van der Waals surface area contributed by atoms with Gasteiger partial charge in [0.15, 0.2) is 17.4 Å². The minimum atomic E-state index is -4.10. The van der Waals surface area contributed by atoms with Crippen molar-refractivity contribution in [1.29, 1.82) is 0 Å². The van der Waals surface area contributed by atoms with Crippen LogP contribution in [-0.4, -0.2) is 33.6 Å². The Balaban J connectivity index is 1.74. The van der Waals surface area contributed by atoms with E-state index in [0.29, 0.717) is 5.76 Å². The van der Waals surface area contributed by atoms with Gasteiger partial charge in [0.1, 0.15) is 16.7 Å². The van der Waals surface area contributed by atoms with Crippen LogP contribution in [0.4, 0.5) is 5.69 Å². The Kier molecular flexibility index (Phi) is 6.20. The second-order valence-electron chi connectivity index (χ2n) is 8.87. The number of para-hydroxylation sites is 1. The molecule has 2 heterocycles. The number of rotatable bonds is 5. The Morgan fingerprint density at radius 1 is 1.06 bits per heavy atom. The average Bonchev–Trinajstić information content (AvgIpc) is 3.40. The maximum Gasteiger partial charge on any atom is 0.345 e. The Labute approximate surface area is 203 Å². The van der Waals surface area contributed by atoms with E-state index >= 15 is 0 Å². The molecule has 0 aliphatic carbocycles. The van der Waals surface area contributed by atoms with Crippen LogP contribution in [0.15, 0.2) is 90.5 Å². The first-order valence-electron chi connectivity index (χ1n) is 10.5. The third-order valence-corrected chi connectivity index (χ3v) is 7.82. The summed E-state index contributed by atoms with van der Waals surface area (Å²) in [5.41, 5.74) is -0.506. The van der Waals surface area contributed by atoms with Gasteiger partial charge in [0, 0.05) is 0 Å². The molecule has 0 saturated carbocycles. The Morgan fingerprint density at radius 2 is 1.77 bits per heavy atom. The van der Waals surface area contributed by atoms with E-state index in [4.69, 9.17) is 4.42 Å². The number of benzene rings is 2. The number of aliphatic imine (C=N–C) groups is 1. The molecular weight excluding hydrogens is 492 g/mol. The number of amidine groups is 2. The van der Waals surface area contributed by atoms with Crippen LogP contribution >= 0.6 is 0 Å². The molecule has 3 N–H and O–H groups in total. The number of nitrogens with zero attached hydrogens (tertiary/aromatic N) is 2. The molecule has 0 saturated heterocycles. The van der Waals surface area contributed by atoms with Crippen molar-refractivity contribution in [3.05, 3.63) is 72.7 Å². The van der Waals surface area contributed by atoms with Crippen LogP contribution < -0.4 is 10.0 Å². The predicted molar refractivity (Wildman–Crippen MR) is 131 cm³/mol. The lowest BCUT2D eigenvalue weighted by Crippen LogP contribution is -2.32. The lowest BCUT2D eigenvalue weighted by atomic mass is 9.85. The van der Waals surface area contributed by atoms with E-state index in [1.54, 1.807) is 30.3 Å². The summed E-state index contributed by atoms with van der Waals surface area (Å²) >= 11 is 0. The molecule has 1 aromatic heterocycles. The molecule has 35 heavy (non-hydrogen) atoms. The summed E-state index contributed by atoms with van der Waals surface area (Å²) in [7, 11) is -8.14. The zero-order chi connectivity index (χ0) is 25.4. The number of hydrogen-bond acceptors (Lipinski definition) is 8. The zero-order valence-corrected chi connectivity index (χ0v) is 20.8. The predicted octanol–water partition coefficient (Wildman–Crippen LogP) is 3.66. The molecule has 0 bridgehead atoms. The molecule has 0 spiro atoms. The lowest BCUT2D eigenvalue weighted by Gasteiger charge is -2.26. The second-order valence-corrected chi connectivity index (χ2v) is 12.1. The fourth-order valence-electron chi connectivity index (χ4n) is 3.48. The minimum Gasteiger partial charge on any atom is -0.504 e. The maximum atomic E-state index is 13.0. The maximum absolute atomic E-state index is 13.0. The highest BCUT2D eigenvalue weighted by Gasteiger charge is 2.34. The van der Waals surface area contributed by atoms with E-state index in [9.17, 15) is 21.9 Å². The van der Waals surface area contributed by atoms with Crippen LogP contribution in [-0.2, 0) is 20.0 Å². The molecule has 1 atom stereocenters. The van der Waals surface area contributed by atoms with E-state index in [1.807, 2.05) is 20.8 Å². The van der Waals surface area contributed by atoms with Crippen LogP contribution in [0.1, 0.15) is 32.6 Å². The lowest BCUT2D eigenvalue weighted by molar-refractivity contribution is 0.287. The molecule has 4 rings (SSSR count). The number of aromatic hydroxyl groups is 1. The zero-order valence-electron chi connectivity index (χ0n) is 19.1. The molecule has 3 aromatic rings. The van der Waals surface area contributed by atoms with Crippen molar-refractivity contribution < 1.29 is 26.4 Å². The van der Waals surface area contributed by atoms with Gasteiger partial charge in [-0.3, -0.25) is 4.99 Å². The molecule has 184 valence electrons. The van der Waals surface area contributed by atoms with E-state index in [2.05, 4.69) is 19.4 Å². The van der Waals surface area contributed by atoms with Crippen molar-refractivity contribution in [1.82, 2.24) is 4.72 Å². The number of phenolic OH excluding ortho intramolecular Hbond substituents is 1. The summed E-state index contributed by atoms with van der Waals surface area (Å²) in [4.78, 5) is 4.21. The molecule has 0 radical (unpaired) electrons. The molecular formula is C23H24N4O6S2. The van der Waals surface area contributed by atoms with E-state index in [1.165, 1.54) is 36.6 Å². The van der Waals surface area contributed by atoms with Gasteiger partial charge in [0.05, 0.1) is 16.8 Å². The van der Waals surface area contributed by atoms with Crippen LogP contribution in [0.2, 0.25) is 0 Å². The van der Waals surface area contributed by atoms with Crippen molar-refractivity contribution in [2.75, 3.05) is 5.32 Å². The van der Waals surface area contributed by atoms with Gasteiger partial charge in [-0.1, -0.05) is 45.0 Å². The third-order valence-electron chi connectivity index (χ3n) is 5.15. The van der Waals surface area contributed by atoms with Gasteiger partial charge in [0.2, 0.25) is 9.84 Å². The highest BCUT2D eigenvalue weighted by Crippen LogP contribution is 2.38. The van der Waals surface area contributed by atoms with Crippen LogP contribution in [0.25, 0.3) is 0 Å². The molecule has 12 heteroatoms. The van der Waals surface area contributed by atoms with Crippen molar-refractivity contribution in [3.63, 3.8) is 0 Å². The molecule has 10 nitrogen and oxygen atoms in total. The minimum absolute atomic E-state index is 0.00335. The summed E-state index contributed by atoms with van der Waals surface area (Å²) in [5, 5.41) is 13.5. The van der Waals surface area contributed by atoms with E-state index in [-0.39, 0.29) is 27.1 Å². The molecule has 0 amide bonds. The van der Waals surface area contributed by atoms with Gasteiger partial charge in [-0.05, 0) is 41.8 Å². The molecule has 2 aromatic carbocycles. The summed E-state index contributed by atoms with van der Waals surface area (Å²) in [5.74, 6) is -0.359. The highest BCUT2D eigenvalue weighted by atomic mass is 32.2. The van der Waals surface area contributed by atoms with Gasteiger partial charge in [-0.2, -0.15) is 8.42 Å². The Bertz CT molecular complexity index is 1510. The number of anilines is 1. The molecule has 1 aliphatic heterocycles. The average molecular weight is 517 g/mol. The summed E-state index contributed by atoms with van der Waals surface area (Å²) in [6.45, 7) is 5.76. The number of hydrogen-bond donors (Lipinski definition) is 3. The van der Waals surface area contributed by atoms with Crippen LogP contribution in [0.5, 0.6) is 5.75 Å². The highest BCUT2D eigenvalue weighted by molar-refractivity contribution is 7.91. The molecule has 0 unspecified atom stereocenters. The largest absolute Gasteiger partial charge is 0.504 e. The van der Waals surface area contributed by atoms with Crippen LogP contribution in [0.3, 0.4) is 0 Å². The number of furan rings is 1. The van der Waals surface area contributed by atoms with Crippen molar-refractivity contribution >= 4 is 37.4 Å². The number of phenols is 1. The molecule has 0 fully saturated rings. The normalized spacial score (nSPS) is 17.6. The van der Waals surface area contributed by atoms with Crippen molar-refractivity contribution in [2.24, 2.45) is 14.8 Å². The molecule has 1 aliphatic rings.